The van der Waals surface area contributed by atoms with Crippen LogP contribution in [0.15, 0.2) is 24.3 Å². The summed E-state index contributed by atoms with van der Waals surface area (Å²) in [6, 6.07) is 7.42. The third kappa shape index (κ3) is 4.72. The number of para-hydroxylation sites is 1. The van der Waals surface area contributed by atoms with E-state index in [0.717, 1.165) is 38.0 Å². The van der Waals surface area contributed by atoms with Crippen molar-refractivity contribution in [3.05, 3.63) is 29.8 Å². The summed E-state index contributed by atoms with van der Waals surface area (Å²) in [6.45, 7) is 3.64. The number of carbonyl (C=O) groups is 1. The Morgan fingerprint density at radius 3 is 2.76 bits per heavy atom. The number of phenols is 1. The predicted octanol–water partition coefficient (Wildman–Crippen LogP) is 1.37. The van der Waals surface area contributed by atoms with E-state index < -0.39 is 0 Å². The van der Waals surface area contributed by atoms with Crippen LogP contribution in [0.1, 0.15) is 18.4 Å². The van der Waals surface area contributed by atoms with E-state index in [-0.39, 0.29) is 11.8 Å². The molecule has 1 aliphatic rings. The maximum Gasteiger partial charge on any atom is 0.223 e. The summed E-state index contributed by atoms with van der Waals surface area (Å²) in [7, 11) is 1.63. The van der Waals surface area contributed by atoms with Crippen LogP contribution >= 0.6 is 0 Å². The van der Waals surface area contributed by atoms with Gasteiger partial charge in [-0.15, -0.1) is 0 Å². The Labute approximate surface area is 125 Å². The van der Waals surface area contributed by atoms with Gasteiger partial charge in [0.2, 0.25) is 5.91 Å². The van der Waals surface area contributed by atoms with Gasteiger partial charge < -0.3 is 15.2 Å². The van der Waals surface area contributed by atoms with E-state index in [0.29, 0.717) is 18.9 Å². The maximum atomic E-state index is 12.0. The lowest BCUT2D eigenvalue weighted by Gasteiger charge is -2.31. The molecule has 0 radical (unpaired) electrons. The molecule has 5 heteroatoms. The zero-order valence-corrected chi connectivity index (χ0v) is 12.5. The molecule has 1 aliphatic heterocycles. The van der Waals surface area contributed by atoms with Crippen molar-refractivity contribution < 1.29 is 14.6 Å². The van der Waals surface area contributed by atoms with Gasteiger partial charge in [-0.2, -0.15) is 0 Å². The second kappa shape index (κ2) is 8.00. The Bertz CT molecular complexity index is 457. The van der Waals surface area contributed by atoms with Crippen molar-refractivity contribution in [2.75, 3.05) is 33.4 Å². The quantitative estimate of drug-likeness (QED) is 0.777. The Hall–Kier alpha value is -1.59. The Balaban J connectivity index is 1.75. The van der Waals surface area contributed by atoms with Gasteiger partial charge in [0.1, 0.15) is 5.75 Å². The summed E-state index contributed by atoms with van der Waals surface area (Å²) in [4.78, 5) is 14.3. The van der Waals surface area contributed by atoms with Crippen LogP contribution in [0.3, 0.4) is 0 Å². The van der Waals surface area contributed by atoms with E-state index in [2.05, 4.69) is 10.2 Å². The first-order chi connectivity index (χ1) is 10.2. The van der Waals surface area contributed by atoms with Crippen LogP contribution < -0.4 is 5.32 Å². The SMILES string of the molecule is COCCNC(=O)C1CCN(Cc2ccccc2O)CC1. The molecule has 21 heavy (non-hydrogen) atoms. The molecule has 1 aromatic rings. The molecule has 0 bridgehead atoms. The van der Waals surface area contributed by atoms with Crippen LogP contribution in [0.25, 0.3) is 0 Å². The van der Waals surface area contributed by atoms with E-state index in [9.17, 15) is 9.90 Å². The van der Waals surface area contributed by atoms with Crippen LogP contribution in [-0.2, 0) is 16.1 Å². The lowest BCUT2D eigenvalue weighted by Crippen LogP contribution is -2.41. The number of phenolic OH excluding ortho intramolecular Hbond substituents is 1. The Morgan fingerprint density at radius 2 is 2.10 bits per heavy atom. The summed E-state index contributed by atoms with van der Waals surface area (Å²) in [5, 5.41) is 12.7. The average molecular weight is 292 g/mol. The van der Waals surface area contributed by atoms with Crippen molar-refractivity contribution in [3.8, 4) is 5.75 Å². The van der Waals surface area contributed by atoms with E-state index in [1.54, 1.807) is 13.2 Å². The van der Waals surface area contributed by atoms with Crippen molar-refractivity contribution in [3.63, 3.8) is 0 Å². The number of likely N-dealkylation sites (tertiary alicyclic amines) is 1. The zero-order valence-electron chi connectivity index (χ0n) is 12.5. The highest BCUT2D eigenvalue weighted by Crippen LogP contribution is 2.22. The van der Waals surface area contributed by atoms with Gasteiger partial charge >= 0.3 is 0 Å². The number of hydrogen-bond donors (Lipinski definition) is 2. The van der Waals surface area contributed by atoms with Crippen molar-refractivity contribution in [2.24, 2.45) is 5.92 Å². The molecule has 0 aliphatic carbocycles. The number of piperidine rings is 1. The minimum atomic E-state index is 0.0995. The van der Waals surface area contributed by atoms with Crippen molar-refractivity contribution in [1.29, 1.82) is 0 Å². The van der Waals surface area contributed by atoms with Gasteiger partial charge in [-0.3, -0.25) is 9.69 Å². The number of carbonyl (C=O) groups excluding carboxylic acids is 1. The first kappa shape index (κ1) is 15.8. The van der Waals surface area contributed by atoms with Gasteiger partial charge in [0.25, 0.3) is 0 Å². The zero-order chi connectivity index (χ0) is 15.1. The fraction of sp³-hybridized carbons (Fsp3) is 0.562. The maximum absolute atomic E-state index is 12.0. The van der Waals surface area contributed by atoms with Crippen LogP contribution in [0.4, 0.5) is 0 Å². The molecule has 1 heterocycles. The molecule has 0 unspecified atom stereocenters. The third-order valence-corrected chi connectivity index (χ3v) is 3.95. The summed E-state index contributed by atoms with van der Waals surface area (Å²) in [5.41, 5.74) is 0.945. The number of amides is 1. The molecule has 1 fully saturated rings. The van der Waals surface area contributed by atoms with Gasteiger partial charge in [0.15, 0.2) is 0 Å². The highest BCUT2D eigenvalue weighted by molar-refractivity contribution is 5.78. The molecule has 1 amide bonds. The number of hydrogen-bond acceptors (Lipinski definition) is 4. The highest BCUT2D eigenvalue weighted by Gasteiger charge is 2.24. The largest absolute Gasteiger partial charge is 0.508 e. The smallest absolute Gasteiger partial charge is 0.223 e. The molecule has 1 saturated heterocycles. The van der Waals surface area contributed by atoms with Crippen LogP contribution in [0.5, 0.6) is 5.75 Å². The summed E-state index contributed by atoms with van der Waals surface area (Å²) in [5.74, 6) is 0.577. The minimum Gasteiger partial charge on any atom is -0.508 e. The number of nitrogens with zero attached hydrogens (tertiary/aromatic N) is 1. The molecule has 2 rings (SSSR count). The molecule has 0 saturated carbocycles. The number of benzene rings is 1. The standard InChI is InChI=1S/C16H24N2O3/c1-21-11-8-17-16(20)13-6-9-18(10-7-13)12-14-4-2-3-5-15(14)19/h2-5,13,19H,6-12H2,1H3,(H,17,20). The predicted molar refractivity (Wildman–Crippen MR) is 81.0 cm³/mol. The van der Waals surface area contributed by atoms with Crippen molar-refractivity contribution >= 4 is 5.91 Å². The summed E-state index contributed by atoms with van der Waals surface area (Å²) < 4.78 is 4.93. The molecule has 5 nitrogen and oxygen atoms in total. The van der Waals surface area contributed by atoms with Gasteiger partial charge in [-0.05, 0) is 32.0 Å². The van der Waals surface area contributed by atoms with Gasteiger partial charge in [-0.25, -0.2) is 0 Å². The molecule has 0 atom stereocenters. The molecule has 0 aromatic heterocycles. The normalized spacial score (nSPS) is 16.8. The van der Waals surface area contributed by atoms with Crippen molar-refractivity contribution in [2.45, 2.75) is 19.4 Å². The molecule has 0 spiro atoms. The molecule has 2 N–H and O–H groups in total. The summed E-state index contributed by atoms with van der Waals surface area (Å²) in [6.07, 6.45) is 1.73. The van der Waals surface area contributed by atoms with Gasteiger partial charge in [0, 0.05) is 31.7 Å². The average Bonchev–Trinajstić information content (AvgIpc) is 2.50. The minimum absolute atomic E-state index is 0.0995. The first-order valence-corrected chi connectivity index (χ1v) is 7.46. The fourth-order valence-electron chi connectivity index (χ4n) is 2.66. The lowest BCUT2D eigenvalue weighted by molar-refractivity contribution is -0.126. The van der Waals surface area contributed by atoms with E-state index in [1.165, 1.54) is 0 Å². The topological polar surface area (TPSA) is 61.8 Å². The Kier molecular flexibility index (Phi) is 6.02. The number of methoxy groups -OCH3 is 1. The molecule has 116 valence electrons. The third-order valence-electron chi connectivity index (χ3n) is 3.95. The van der Waals surface area contributed by atoms with E-state index in [1.807, 2.05) is 18.2 Å². The van der Waals surface area contributed by atoms with Gasteiger partial charge in [0.05, 0.1) is 6.61 Å². The lowest BCUT2D eigenvalue weighted by atomic mass is 9.95. The van der Waals surface area contributed by atoms with E-state index in [4.69, 9.17) is 4.74 Å². The van der Waals surface area contributed by atoms with Gasteiger partial charge in [-0.1, -0.05) is 18.2 Å². The summed E-state index contributed by atoms with van der Waals surface area (Å²) >= 11 is 0. The number of ether oxygens (including phenoxy) is 1. The number of rotatable bonds is 6. The second-order valence-corrected chi connectivity index (χ2v) is 5.46. The molecular formula is C16H24N2O3. The van der Waals surface area contributed by atoms with E-state index >= 15 is 0 Å². The highest BCUT2D eigenvalue weighted by atomic mass is 16.5. The number of nitrogens with one attached hydrogen (secondary N) is 1. The molecular weight excluding hydrogens is 268 g/mol. The van der Waals surface area contributed by atoms with Crippen LogP contribution in [0, 0.1) is 5.92 Å². The van der Waals surface area contributed by atoms with Crippen molar-refractivity contribution in [1.82, 2.24) is 10.2 Å². The van der Waals surface area contributed by atoms with Crippen LogP contribution in [-0.4, -0.2) is 49.3 Å². The first-order valence-electron chi connectivity index (χ1n) is 7.46. The Morgan fingerprint density at radius 1 is 1.38 bits per heavy atom. The molecule has 1 aromatic carbocycles. The fourth-order valence-corrected chi connectivity index (χ4v) is 2.66. The monoisotopic (exact) mass is 292 g/mol. The van der Waals surface area contributed by atoms with Crippen LogP contribution in [0.2, 0.25) is 0 Å². The number of aromatic hydroxyl groups is 1. The second-order valence-electron chi connectivity index (χ2n) is 5.46.